The fraction of sp³-hybridized carbons (Fsp3) is 0.122. The van der Waals surface area contributed by atoms with E-state index < -0.39 is 7.14 Å². The topological polar surface area (TPSA) is 30.2 Å². The Labute approximate surface area is 266 Å². The first-order chi connectivity index (χ1) is 22.3. The van der Waals surface area contributed by atoms with Gasteiger partial charge in [-0.05, 0) is 100 Å². The molecule has 3 aliphatic rings. The van der Waals surface area contributed by atoms with Crippen LogP contribution in [0.4, 0.5) is 17.1 Å². The molecule has 3 aliphatic heterocycles. The number of nitrogens with zero attached hydrogens (tertiary/aromatic N) is 3. The molecule has 5 heterocycles. The molecule has 0 aliphatic carbocycles. The van der Waals surface area contributed by atoms with Crippen molar-refractivity contribution in [1.29, 1.82) is 0 Å². The summed E-state index contributed by atoms with van der Waals surface area (Å²) >= 11 is 0. The van der Waals surface area contributed by atoms with E-state index in [1.165, 1.54) is 43.8 Å². The number of anilines is 3. The van der Waals surface area contributed by atoms with Gasteiger partial charge in [0.2, 0.25) is 0 Å². The van der Waals surface area contributed by atoms with Crippen molar-refractivity contribution in [2.75, 3.05) is 4.90 Å². The smallest absolute Gasteiger partial charge is 0.183 e. The first kappa shape index (κ1) is 25.2. The van der Waals surface area contributed by atoms with E-state index >= 15 is 4.57 Å². The molecule has 6 aromatic carbocycles. The van der Waals surface area contributed by atoms with Crippen LogP contribution in [0.1, 0.15) is 27.8 Å². The Hall–Kier alpha value is -5.05. The van der Waals surface area contributed by atoms with Crippen LogP contribution in [0.3, 0.4) is 0 Å². The molecule has 46 heavy (non-hydrogen) atoms. The van der Waals surface area contributed by atoms with Crippen LogP contribution in [0.15, 0.2) is 91.0 Å². The van der Waals surface area contributed by atoms with Crippen LogP contribution in [0, 0.1) is 34.6 Å². The fourth-order valence-corrected chi connectivity index (χ4v) is 12.9. The monoisotopic (exact) mass is 611 g/mol. The maximum Gasteiger partial charge on any atom is 0.183 e. The molecule has 1 atom stereocenters. The van der Waals surface area contributed by atoms with Gasteiger partial charge in [0.15, 0.2) is 7.14 Å². The normalized spacial score (nSPS) is 16.9. The van der Waals surface area contributed by atoms with Crippen molar-refractivity contribution < 1.29 is 4.57 Å². The molecule has 0 fully saturated rings. The van der Waals surface area contributed by atoms with Gasteiger partial charge in [-0.2, -0.15) is 0 Å². The second-order valence-corrected chi connectivity index (χ2v) is 16.3. The molecule has 11 rings (SSSR count). The molecule has 1 unspecified atom stereocenters. The van der Waals surface area contributed by atoms with Crippen LogP contribution in [0.25, 0.3) is 55.0 Å². The molecular formula is C41H30N3OP. The molecule has 4 nitrogen and oxygen atoms in total. The molecular weight excluding hydrogens is 581 g/mol. The van der Waals surface area contributed by atoms with Crippen LogP contribution in [-0.2, 0) is 4.57 Å². The number of aryl methyl sites for hydroxylation is 5. The number of hydrogen-bond acceptors (Lipinski definition) is 2. The van der Waals surface area contributed by atoms with Gasteiger partial charge in [0.25, 0.3) is 0 Å². The molecule has 0 N–H and O–H groups in total. The summed E-state index contributed by atoms with van der Waals surface area (Å²) in [6.07, 6.45) is 0. The van der Waals surface area contributed by atoms with E-state index in [1.807, 2.05) is 0 Å². The lowest BCUT2D eigenvalue weighted by atomic mass is 10.0. The highest BCUT2D eigenvalue weighted by atomic mass is 31.2. The van der Waals surface area contributed by atoms with Gasteiger partial charge in [0.1, 0.15) is 0 Å². The van der Waals surface area contributed by atoms with E-state index in [0.717, 1.165) is 72.0 Å². The maximum absolute atomic E-state index is 16.9. The zero-order chi connectivity index (χ0) is 31.0. The zero-order valence-corrected chi connectivity index (χ0v) is 27.3. The SMILES string of the molecule is Cc1ccc(N2c3ccc4c5cc(C)ccc5n5c4c3P3(=O)c4c-5ccc(C)c4-n4c5ccc(C)cc5c5cc(C)c2c3c54)cc1. The highest BCUT2D eigenvalue weighted by molar-refractivity contribution is 7.87. The average Bonchev–Trinajstić information content (AvgIpc) is 3.53. The minimum atomic E-state index is -3.36. The molecule has 0 saturated heterocycles. The van der Waals surface area contributed by atoms with Crippen LogP contribution in [0.5, 0.6) is 0 Å². The van der Waals surface area contributed by atoms with Crippen molar-refractivity contribution in [1.82, 2.24) is 9.13 Å². The summed E-state index contributed by atoms with van der Waals surface area (Å²) in [6, 6.07) is 33.6. The summed E-state index contributed by atoms with van der Waals surface area (Å²) in [5.74, 6) is 0. The van der Waals surface area contributed by atoms with E-state index in [-0.39, 0.29) is 0 Å². The zero-order valence-electron chi connectivity index (χ0n) is 26.4. The van der Waals surface area contributed by atoms with Gasteiger partial charge in [-0.15, -0.1) is 0 Å². The van der Waals surface area contributed by atoms with Crippen LogP contribution in [0.2, 0.25) is 0 Å². The molecule has 0 spiro atoms. The lowest BCUT2D eigenvalue weighted by Gasteiger charge is -2.44. The minimum absolute atomic E-state index is 0.978. The fourth-order valence-electron chi connectivity index (χ4n) is 9.00. The van der Waals surface area contributed by atoms with Crippen molar-refractivity contribution in [2.24, 2.45) is 0 Å². The number of aromatic nitrogens is 2. The van der Waals surface area contributed by atoms with Gasteiger partial charge in [-0.25, -0.2) is 0 Å². The van der Waals surface area contributed by atoms with E-state index in [0.29, 0.717) is 0 Å². The van der Waals surface area contributed by atoms with Gasteiger partial charge in [0.05, 0.1) is 60.7 Å². The summed E-state index contributed by atoms with van der Waals surface area (Å²) in [5.41, 5.74) is 15.8. The lowest BCUT2D eigenvalue weighted by molar-refractivity contribution is 0.592. The minimum Gasteiger partial charge on any atom is -0.309 e. The summed E-state index contributed by atoms with van der Waals surface area (Å²) < 4.78 is 21.8. The molecule has 0 radical (unpaired) electrons. The molecule has 5 heteroatoms. The van der Waals surface area contributed by atoms with Gasteiger partial charge < -0.3 is 18.6 Å². The van der Waals surface area contributed by atoms with Gasteiger partial charge >= 0.3 is 0 Å². The average molecular weight is 612 g/mol. The number of fused-ring (bicyclic) bond motifs is 8. The van der Waals surface area contributed by atoms with E-state index in [9.17, 15) is 0 Å². The quantitative estimate of drug-likeness (QED) is 0.173. The van der Waals surface area contributed by atoms with Gasteiger partial charge in [0, 0.05) is 27.2 Å². The molecule has 0 amide bonds. The Morgan fingerprint density at radius 1 is 0.478 bits per heavy atom. The summed E-state index contributed by atoms with van der Waals surface area (Å²) in [7, 11) is -3.36. The molecule has 220 valence electrons. The largest absolute Gasteiger partial charge is 0.309 e. The maximum atomic E-state index is 16.9. The third-order valence-corrected chi connectivity index (χ3v) is 14.1. The Morgan fingerprint density at radius 2 is 1.11 bits per heavy atom. The van der Waals surface area contributed by atoms with Gasteiger partial charge in [-0.1, -0.05) is 53.1 Å². The highest BCUT2D eigenvalue weighted by Crippen LogP contribution is 2.64. The van der Waals surface area contributed by atoms with Crippen molar-refractivity contribution in [3.8, 4) is 11.4 Å². The third kappa shape index (κ3) is 2.60. The van der Waals surface area contributed by atoms with Crippen LogP contribution < -0.4 is 20.8 Å². The standard InChI is InChI=1S/C41H30N3OP/c1-21-6-11-26(12-7-21)42-33-17-13-27-28-18-22(2)8-14-31(28)43-34-16-10-24(4)35-39(34)46(45,40(33)37(27)43)41-36(42)25(5)20-30-29-19-23(3)9-15-32(29)44(35)38(30)41/h6-20H,1-5H3. The second-order valence-electron chi connectivity index (χ2n) is 13.7. The first-order valence-corrected chi connectivity index (χ1v) is 17.8. The molecule has 2 aromatic heterocycles. The summed E-state index contributed by atoms with van der Waals surface area (Å²) in [4.78, 5) is 2.40. The van der Waals surface area contributed by atoms with Crippen molar-refractivity contribution in [3.05, 3.63) is 119 Å². The van der Waals surface area contributed by atoms with Crippen LogP contribution >= 0.6 is 7.14 Å². The van der Waals surface area contributed by atoms with Crippen molar-refractivity contribution in [3.63, 3.8) is 0 Å². The number of benzene rings is 6. The van der Waals surface area contributed by atoms with Gasteiger partial charge in [-0.3, -0.25) is 0 Å². The summed E-state index contributed by atoms with van der Waals surface area (Å²) in [5, 5.41) is 7.72. The van der Waals surface area contributed by atoms with E-state index in [2.05, 4.69) is 140 Å². The van der Waals surface area contributed by atoms with E-state index in [1.54, 1.807) is 0 Å². The second kappa shape index (κ2) is 7.84. The Balaban J connectivity index is 1.48. The van der Waals surface area contributed by atoms with E-state index in [4.69, 9.17) is 0 Å². The summed E-state index contributed by atoms with van der Waals surface area (Å²) in [6.45, 7) is 10.8. The Morgan fingerprint density at radius 3 is 1.85 bits per heavy atom. The number of rotatable bonds is 1. The predicted octanol–water partition coefficient (Wildman–Crippen LogP) is 9.47. The lowest BCUT2D eigenvalue weighted by Crippen LogP contribution is -2.45. The van der Waals surface area contributed by atoms with Crippen LogP contribution in [-0.4, -0.2) is 9.13 Å². The highest BCUT2D eigenvalue weighted by Gasteiger charge is 2.53. The molecule has 8 aromatic rings. The Kier molecular flexibility index (Phi) is 4.29. The number of hydrogen-bond donors (Lipinski definition) is 0. The van der Waals surface area contributed by atoms with Crippen molar-refractivity contribution in [2.45, 2.75) is 34.6 Å². The van der Waals surface area contributed by atoms with Crippen molar-refractivity contribution >= 4 is 83.7 Å². The first-order valence-electron chi connectivity index (χ1n) is 16.1. The third-order valence-electron chi connectivity index (χ3n) is 10.9. The Bertz CT molecular complexity index is 2830. The molecule has 0 saturated carbocycles. The predicted molar refractivity (Wildman–Crippen MR) is 194 cm³/mol. The molecule has 0 bridgehead atoms.